The van der Waals surface area contributed by atoms with Crippen LogP contribution in [-0.2, 0) is 16.1 Å². The van der Waals surface area contributed by atoms with Crippen molar-refractivity contribution >= 4 is 17.4 Å². The number of amides is 2. The van der Waals surface area contributed by atoms with Crippen LogP contribution in [0.4, 0.5) is 4.39 Å². The molecule has 2 amide bonds. The summed E-state index contributed by atoms with van der Waals surface area (Å²) in [5.41, 5.74) is 0.801. The van der Waals surface area contributed by atoms with Crippen molar-refractivity contribution in [1.82, 2.24) is 4.90 Å². The van der Waals surface area contributed by atoms with E-state index in [4.69, 9.17) is 9.47 Å². The van der Waals surface area contributed by atoms with Crippen LogP contribution in [0.2, 0.25) is 0 Å². The summed E-state index contributed by atoms with van der Waals surface area (Å²) < 4.78 is 23.5. The van der Waals surface area contributed by atoms with Crippen molar-refractivity contribution in [3.63, 3.8) is 0 Å². The van der Waals surface area contributed by atoms with Gasteiger partial charge in [-0.2, -0.15) is 0 Å². The third-order valence-electron chi connectivity index (χ3n) is 4.05. The SMILES string of the molecule is O=C1C(O)=C(c2ccc(F)cc2)C(=O)N1Cc1ccc2c(c1)OCO2. The first-order valence-electron chi connectivity index (χ1n) is 7.48. The number of halogens is 1. The van der Waals surface area contributed by atoms with E-state index >= 15 is 0 Å². The number of aliphatic hydroxyl groups excluding tert-OH is 1. The molecule has 0 spiro atoms. The number of nitrogens with zero attached hydrogens (tertiary/aromatic N) is 1. The summed E-state index contributed by atoms with van der Waals surface area (Å²) in [6, 6.07) is 10.1. The summed E-state index contributed by atoms with van der Waals surface area (Å²) in [7, 11) is 0. The summed E-state index contributed by atoms with van der Waals surface area (Å²) in [5.74, 6) is -1.41. The van der Waals surface area contributed by atoms with Gasteiger partial charge >= 0.3 is 0 Å². The molecule has 4 rings (SSSR count). The molecule has 0 aromatic heterocycles. The summed E-state index contributed by atoms with van der Waals surface area (Å²) >= 11 is 0. The van der Waals surface area contributed by atoms with E-state index in [1.165, 1.54) is 12.1 Å². The molecule has 0 aliphatic carbocycles. The van der Waals surface area contributed by atoms with Crippen molar-refractivity contribution in [3.8, 4) is 11.5 Å². The number of carbonyl (C=O) groups is 2. The molecule has 0 radical (unpaired) electrons. The minimum absolute atomic E-state index is 0.0247. The van der Waals surface area contributed by atoms with E-state index in [1.54, 1.807) is 18.2 Å². The third-order valence-corrected chi connectivity index (χ3v) is 4.05. The Hall–Kier alpha value is -3.35. The van der Waals surface area contributed by atoms with Crippen molar-refractivity contribution in [3.05, 3.63) is 65.2 Å². The van der Waals surface area contributed by atoms with Gasteiger partial charge in [0.15, 0.2) is 17.3 Å². The van der Waals surface area contributed by atoms with Crippen LogP contribution in [0, 0.1) is 5.82 Å². The Kier molecular flexibility index (Phi) is 3.42. The fourth-order valence-electron chi connectivity index (χ4n) is 2.81. The predicted octanol–water partition coefficient (Wildman–Crippen LogP) is 2.39. The lowest BCUT2D eigenvalue weighted by molar-refractivity contribution is -0.138. The van der Waals surface area contributed by atoms with E-state index < -0.39 is 23.4 Å². The highest BCUT2D eigenvalue weighted by Gasteiger charge is 2.39. The minimum Gasteiger partial charge on any atom is -0.502 e. The lowest BCUT2D eigenvalue weighted by Gasteiger charge is -2.14. The van der Waals surface area contributed by atoms with Crippen molar-refractivity contribution in [2.75, 3.05) is 6.79 Å². The fourth-order valence-corrected chi connectivity index (χ4v) is 2.81. The van der Waals surface area contributed by atoms with E-state index in [2.05, 4.69) is 0 Å². The van der Waals surface area contributed by atoms with Crippen LogP contribution in [0.25, 0.3) is 5.57 Å². The van der Waals surface area contributed by atoms with Crippen molar-refractivity contribution < 1.29 is 28.6 Å². The van der Waals surface area contributed by atoms with Gasteiger partial charge in [-0.15, -0.1) is 0 Å². The quantitative estimate of drug-likeness (QED) is 0.868. The summed E-state index contributed by atoms with van der Waals surface area (Å²) in [4.78, 5) is 25.8. The van der Waals surface area contributed by atoms with Crippen molar-refractivity contribution in [2.24, 2.45) is 0 Å². The minimum atomic E-state index is -0.790. The topological polar surface area (TPSA) is 76.1 Å². The number of fused-ring (bicyclic) bond motifs is 1. The number of imide groups is 1. The number of hydrogen-bond acceptors (Lipinski definition) is 5. The Balaban J connectivity index is 1.61. The van der Waals surface area contributed by atoms with E-state index in [0.29, 0.717) is 17.1 Å². The Labute approximate surface area is 141 Å². The lowest BCUT2D eigenvalue weighted by atomic mass is 10.1. The van der Waals surface area contributed by atoms with Crippen molar-refractivity contribution in [1.29, 1.82) is 0 Å². The molecule has 126 valence electrons. The molecule has 6 nitrogen and oxygen atoms in total. The Bertz CT molecular complexity index is 920. The predicted molar refractivity (Wildman–Crippen MR) is 84.1 cm³/mol. The van der Waals surface area contributed by atoms with E-state index in [9.17, 15) is 19.1 Å². The van der Waals surface area contributed by atoms with Crippen molar-refractivity contribution in [2.45, 2.75) is 6.54 Å². The zero-order valence-electron chi connectivity index (χ0n) is 12.9. The highest BCUT2D eigenvalue weighted by Crippen LogP contribution is 2.34. The molecule has 0 unspecified atom stereocenters. The van der Waals surface area contributed by atoms with Crippen LogP contribution >= 0.6 is 0 Å². The summed E-state index contributed by atoms with van der Waals surface area (Å²) in [5, 5.41) is 10.1. The molecule has 2 aliphatic heterocycles. The molecular weight excluding hydrogens is 329 g/mol. The van der Waals surface area contributed by atoms with Crippen LogP contribution < -0.4 is 9.47 Å². The van der Waals surface area contributed by atoms with Gasteiger partial charge < -0.3 is 14.6 Å². The lowest BCUT2D eigenvalue weighted by Crippen LogP contribution is -2.31. The van der Waals surface area contributed by atoms with E-state index in [0.717, 1.165) is 17.0 Å². The molecule has 2 aromatic rings. The molecule has 2 aromatic carbocycles. The molecule has 2 aliphatic rings. The van der Waals surface area contributed by atoms with Gasteiger partial charge in [-0.3, -0.25) is 14.5 Å². The van der Waals surface area contributed by atoms with Gasteiger partial charge in [-0.1, -0.05) is 18.2 Å². The van der Waals surface area contributed by atoms with Crippen LogP contribution in [0.15, 0.2) is 48.2 Å². The molecule has 7 heteroatoms. The highest BCUT2D eigenvalue weighted by atomic mass is 19.1. The average molecular weight is 341 g/mol. The summed E-state index contributed by atoms with van der Waals surface area (Å²) in [6.45, 7) is 0.0977. The third kappa shape index (κ3) is 2.50. The Morgan fingerprint density at radius 2 is 1.72 bits per heavy atom. The van der Waals surface area contributed by atoms with Crippen LogP contribution in [0.5, 0.6) is 11.5 Å². The molecule has 1 N–H and O–H groups in total. The molecule has 25 heavy (non-hydrogen) atoms. The first-order valence-corrected chi connectivity index (χ1v) is 7.48. The summed E-state index contributed by atoms with van der Waals surface area (Å²) in [6.07, 6.45) is 0. The molecule has 0 fully saturated rings. The fraction of sp³-hybridized carbons (Fsp3) is 0.111. The van der Waals surface area contributed by atoms with Crippen LogP contribution in [-0.4, -0.2) is 28.6 Å². The number of benzene rings is 2. The second-order valence-corrected chi connectivity index (χ2v) is 5.61. The largest absolute Gasteiger partial charge is 0.502 e. The van der Waals surface area contributed by atoms with E-state index in [-0.39, 0.29) is 24.5 Å². The molecular formula is C18H12FNO5. The number of hydrogen-bond donors (Lipinski definition) is 1. The molecule has 2 heterocycles. The molecule has 0 saturated heterocycles. The second kappa shape index (κ2) is 5.62. The first-order chi connectivity index (χ1) is 12.0. The van der Waals surface area contributed by atoms with Gasteiger partial charge in [-0.25, -0.2) is 4.39 Å². The standard InChI is InChI=1S/C18H12FNO5/c19-12-4-2-11(3-5-12)15-16(21)18(23)20(17(15)22)8-10-1-6-13-14(7-10)25-9-24-13/h1-7,21H,8-9H2. The van der Waals surface area contributed by atoms with Crippen LogP contribution in [0.3, 0.4) is 0 Å². The normalized spacial score (nSPS) is 16.1. The second-order valence-electron chi connectivity index (χ2n) is 5.61. The van der Waals surface area contributed by atoms with Gasteiger partial charge in [0.05, 0.1) is 12.1 Å². The van der Waals surface area contributed by atoms with Crippen LogP contribution in [0.1, 0.15) is 11.1 Å². The maximum atomic E-state index is 13.1. The monoisotopic (exact) mass is 341 g/mol. The smallest absolute Gasteiger partial charge is 0.296 e. The number of aliphatic hydroxyl groups is 1. The zero-order chi connectivity index (χ0) is 17.6. The Morgan fingerprint density at radius 1 is 1.00 bits per heavy atom. The van der Waals surface area contributed by atoms with Gasteiger partial charge in [0.25, 0.3) is 11.8 Å². The maximum Gasteiger partial charge on any atom is 0.296 e. The number of carbonyl (C=O) groups excluding carboxylic acids is 2. The maximum absolute atomic E-state index is 13.1. The van der Waals surface area contributed by atoms with Gasteiger partial charge in [0.1, 0.15) is 5.82 Å². The molecule has 0 atom stereocenters. The molecule has 0 bridgehead atoms. The first kappa shape index (κ1) is 15.2. The van der Waals surface area contributed by atoms with Gasteiger partial charge in [0, 0.05) is 0 Å². The van der Waals surface area contributed by atoms with Gasteiger partial charge in [-0.05, 0) is 35.4 Å². The van der Waals surface area contributed by atoms with E-state index in [1.807, 2.05) is 0 Å². The zero-order valence-corrected chi connectivity index (χ0v) is 12.9. The Morgan fingerprint density at radius 3 is 2.48 bits per heavy atom. The van der Waals surface area contributed by atoms with Gasteiger partial charge in [0.2, 0.25) is 6.79 Å². The number of ether oxygens (including phenoxy) is 2. The highest BCUT2D eigenvalue weighted by molar-refractivity contribution is 6.34. The number of rotatable bonds is 3. The molecule has 0 saturated carbocycles. The average Bonchev–Trinajstić information content (AvgIpc) is 3.15.